The van der Waals surface area contributed by atoms with Gasteiger partial charge in [0.15, 0.2) is 6.10 Å². The minimum Gasteiger partial charge on any atom is -0.479 e. The lowest BCUT2D eigenvalue weighted by Gasteiger charge is -2.23. The van der Waals surface area contributed by atoms with E-state index in [9.17, 15) is 29.7 Å². The van der Waals surface area contributed by atoms with Crippen molar-refractivity contribution in [3.8, 4) is 0 Å². The molecule has 0 aliphatic rings. The van der Waals surface area contributed by atoms with Crippen molar-refractivity contribution in [2.45, 2.75) is 24.4 Å². The summed E-state index contributed by atoms with van der Waals surface area (Å²) >= 11 is 0. The summed E-state index contributed by atoms with van der Waals surface area (Å²) in [6, 6.07) is 8.47. The number of hydrogen-bond acceptors (Lipinski definition) is 7. The van der Waals surface area contributed by atoms with E-state index in [0.717, 1.165) is 6.08 Å². The highest BCUT2D eigenvalue weighted by Gasteiger charge is 2.38. The number of hydrogen-bond donors (Lipinski definition) is 5. The lowest BCUT2D eigenvalue weighted by molar-refractivity contribution is -0.166. The van der Waals surface area contributed by atoms with Crippen LogP contribution < -0.4 is 0 Å². The van der Waals surface area contributed by atoms with Crippen molar-refractivity contribution in [2.75, 3.05) is 0 Å². The molecule has 0 aliphatic heterocycles. The maximum atomic E-state index is 11.7. The number of carbonyl (C=O) groups is 3. The van der Waals surface area contributed by atoms with Crippen LogP contribution in [0.2, 0.25) is 0 Å². The van der Waals surface area contributed by atoms with E-state index in [2.05, 4.69) is 0 Å². The lowest BCUT2D eigenvalue weighted by atomic mass is 9.98. The molecule has 124 valence electrons. The van der Waals surface area contributed by atoms with Crippen LogP contribution in [-0.2, 0) is 14.4 Å². The van der Waals surface area contributed by atoms with E-state index in [4.69, 9.17) is 10.2 Å². The summed E-state index contributed by atoms with van der Waals surface area (Å²) in [5.74, 6) is -4.45. The molecular formula is C15H16O8. The smallest absolute Gasteiger partial charge is 0.335 e. The van der Waals surface area contributed by atoms with Crippen LogP contribution in [0.4, 0.5) is 0 Å². The number of benzene rings is 1. The summed E-state index contributed by atoms with van der Waals surface area (Å²) in [5, 5.41) is 45.9. The van der Waals surface area contributed by atoms with Crippen molar-refractivity contribution in [1.29, 1.82) is 0 Å². The van der Waals surface area contributed by atoms with Gasteiger partial charge in [-0.15, -0.1) is 0 Å². The topological polar surface area (TPSA) is 152 Å². The molecule has 0 amide bonds. The molecule has 8 heteroatoms. The highest BCUT2D eigenvalue weighted by Crippen LogP contribution is 2.08. The third-order valence-corrected chi connectivity index (χ3v) is 2.99. The predicted molar refractivity (Wildman–Crippen MR) is 77.2 cm³/mol. The summed E-state index contributed by atoms with van der Waals surface area (Å²) in [6.45, 7) is 0. The van der Waals surface area contributed by atoms with Crippen LogP contribution in [0.25, 0.3) is 6.08 Å². The minimum atomic E-state index is -2.41. The quantitative estimate of drug-likeness (QED) is 0.282. The zero-order valence-electron chi connectivity index (χ0n) is 11.8. The Morgan fingerprint density at radius 3 is 1.91 bits per heavy atom. The highest BCUT2D eigenvalue weighted by molar-refractivity contribution is 6.43. The number of aliphatic hydroxyl groups is 4. The molecule has 0 spiro atoms. The molecule has 4 unspecified atom stereocenters. The molecule has 0 fully saturated rings. The molecule has 0 aliphatic carbocycles. The van der Waals surface area contributed by atoms with Crippen molar-refractivity contribution in [2.24, 2.45) is 0 Å². The molecule has 0 saturated carbocycles. The number of carboxylic acids is 1. The van der Waals surface area contributed by atoms with Gasteiger partial charge in [0.1, 0.15) is 18.3 Å². The number of allylic oxidation sites excluding steroid dienone is 1. The SMILES string of the molecule is O=C(C=Cc1ccccc1)C(=O)C(O)C(O)C(O)C(O)C(=O)O. The molecule has 4 atom stereocenters. The average molecular weight is 324 g/mol. The molecule has 5 N–H and O–H groups in total. The monoisotopic (exact) mass is 324 g/mol. The van der Waals surface area contributed by atoms with Crippen LogP contribution in [0.5, 0.6) is 0 Å². The molecule has 23 heavy (non-hydrogen) atoms. The summed E-state index contributed by atoms with van der Waals surface area (Å²) in [7, 11) is 0. The third-order valence-electron chi connectivity index (χ3n) is 2.99. The molecule has 1 rings (SSSR count). The molecule has 1 aromatic rings. The molecular weight excluding hydrogens is 308 g/mol. The highest BCUT2D eigenvalue weighted by atomic mass is 16.4. The Morgan fingerprint density at radius 2 is 1.39 bits per heavy atom. The fourth-order valence-electron chi connectivity index (χ4n) is 1.64. The number of rotatable bonds is 8. The van der Waals surface area contributed by atoms with Gasteiger partial charge in [0, 0.05) is 0 Å². The first kappa shape index (κ1) is 18.7. The van der Waals surface area contributed by atoms with E-state index in [1.165, 1.54) is 6.08 Å². The van der Waals surface area contributed by atoms with Crippen LogP contribution in [0, 0.1) is 0 Å². The Kier molecular flexibility index (Phi) is 6.73. The molecule has 1 aromatic carbocycles. The second-order valence-corrected chi connectivity index (χ2v) is 4.68. The fraction of sp³-hybridized carbons (Fsp3) is 0.267. The van der Waals surface area contributed by atoms with Crippen molar-refractivity contribution in [3.05, 3.63) is 42.0 Å². The fourth-order valence-corrected chi connectivity index (χ4v) is 1.64. The van der Waals surface area contributed by atoms with Gasteiger partial charge in [-0.3, -0.25) is 9.59 Å². The summed E-state index contributed by atoms with van der Waals surface area (Å²) in [5.41, 5.74) is 0.616. The largest absolute Gasteiger partial charge is 0.479 e. The van der Waals surface area contributed by atoms with Gasteiger partial charge in [0.2, 0.25) is 11.6 Å². The van der Waals surface area contributed by atoms with Crippen LogP contribution >= 0.6 is 0 Å². The van der Waals surface area contributed by atoms with E-state index < -0.39 is 42.0 Å². The number of aliphatic carboxylic acids is 1. The standard InChI is InChI=1S/C15H16O8/c16-9(7-6-8-4-2-1-3-5-8)10(17)11(18)12(19)13(20)14(21)15(22)23/h1-7,11-14,18-21H,(H,22,23). The summed E-state index contributed by atoms with van der Waals surface area (Å²) in [6.07, 6.45) is -7.27. The first-order valence-electron chi connectivity index (χ1n) is 6.52. The first-order chi connectivity index (χ1) is 10.8. The van der Waals surface area contributed by atoms with E-state index in [1.807, 2.05) is 0 Å². The van der Waals surface area contributed by atoms with Crippen LogP contribution in [0.1, 0.15) is 5.56 Å². The Hall–Kier alpha value is -2.39. The normalized spacial score (nSPS) is 16.5. The second-order valence-electron chi connectivity index (χ2n) is 4.68. The average Bonchev–Trinajstić information content (AvgIpc) is 2.56. The lowest BCUT2D eigenvalue weighted by Crippen LogP contribution is -2.51. The van der Waals surface area contributed by atoms with Crippen LogP contribution in [0.15, 0.2) is 36.4 Å². The van der Waals surface area contributed by atoms with Gasteiger partial charge >= 0.3 is 5.97 Å². The maximum absolute atomic E-state index is 11.7. The van der Waals surface area contributed by atoms with Gasteiger partial charge in [-0.1, -0.05) is 36.4 Å². The molecule has 0 aromatic heterocycles. The van der Waals surface area contributed by atoms with Gasteiger partial charge < -0.3 is 25.5 Å². The van der Waals surface area contributed by atoms with Gasteiger partial charge in [0.05, 0.1) is 0 Å². The van der Waals surface area contributed by atoms with Crippen molar-refractivity contribution >= 4 is 23.6 Å². The van der Waals surface area contributed by atoms with Crippen molar-refractivity contribution < 1.29 is 39.9 Å². The Morgan fingerprint density at radius 1 is 0.870 bits per heavy atom. The first-order valence-corrected chi connectivity index (χ1v) is 6.52. The van der Waals surface area contributed by atoms with E-state index in [0.29, 0.717) is 5.56 Å². The minimum absolute atomic E-state index is 0.616. The zero-order valence-corrected chi connectivity index (χ0v) is 11.8. The van der Waals surface area contributed by atoms with E-state index in [-0.39, 0.29) is 0 Å². The zero-order chi connectivity index (χ0) is 17.6. The number of Topliss-reactive ketones (excluding diaryl/α,β-unsaturated/α-hetero) is 1. The number of ketones is 2. The Labute approximate surface area is 130 Å². The van der Waals surface area contributed by atoms with Gasteiger partial charge in [-0.25, -0.2) is 4.79 Å². The molecule has 8 nitrogen and oxygen atoms in total. The molecule has 0 radical (unpaired) electrons. The molecule has 0 bridgehead atoms. The summed E-state index contributed by atoms with van der Waals surface area (Å²) < 4.78 is 0. The number of carbonyl (C=O) groups excluding carboxylic acids is 2. The number of aliphatic hydroxyl groups excluding tert-OH is 4. The van der Waals surface area contributed by atoms with Crippen molar-refractivity contribution in [3.63, 3.8) is 0 Å². The van der Waals surface area contributed by atoms with Gasteiger partial charge in [0.25, 0.3) is 0 Å². The Balaban J connectivity index is 2.73. The van der Waals surface area contributed by atoms with Gasteiger partial charge in [-0.2, -0.15) is 0 Å². The van der Waals surface area contributed by atoms with E-state index >= 15 is 0 Å². The second kappa shape index (κ2) is 8.30. The number of carboxylic acid groups (broad SMARTS) is 1. The molecule has 0 saturated heterocycles. The third kappa shape index (κ3) is 5.08. The van der Waals surface area contributed by atoms with Gasteiger partial charge in [-0.05, 0) is 11.6 Å². The predicted octanol–water partition coefficient (Wildman–Crippen LogP) is -1.63. The van der Waals surface area contributed by atoms with Crippen molar-refractivity contribution in [1.82, 2.24) is 0 Å². The summed E-state index contributed by atoms with van der Waals surface area (Å²) in [4.78, 5) is 33.7. The van der Waals surface area contributed by atoms with Crippen LogP contribution in [-0.4, -0.2) is 67.5 Å². The maximum Gasteiger partial charge on any atom is 0.335 e. The van der Waals surface area contributed by atoms with E-state index in [1.54, 1.807) is 30.3 Å². The van der Waals surface area contributed by atoms with Crippen LogP contribution in [0.3, 0.4) is 0 Å². The Bertz CT molecular complexity index is 595. The molecule has 0 heterocycles.